The molecule has 2 aromatic rings. The standard InChI is InChI=1S/C17H21N3O2.2ClH/c1-13-15(12-16(21)20-10-5-8-18-9-11-20)19-17(22-13)14-6-3-2-4-7-14;;/h2-4,6-7,18H,5,8-12H2,1H3;2*1H. The second-order valence-corrected chi connectivity index (χ2v) is 5.55. The van der Waals surface area contributed by atoms with Crippen LogP contribution in [-0.4, -0.2) is 42.0 Å². The van der Waals surface area contributed by atoms with Gasteiger partial charge in [-0.3, -0.25) is 4.79 Å². The number of hydrogen-bond donors (Lipinski definition) is 1. The first-order chi connectivity index (χ1) is 10.7. The Labute approximate surface area is 154 Å². The number of nitrogens with zero attached hydrogens (tertiary/aromatic N) is 2. The second kappa shape index (κ2) is 9.67. The van der Waals surface area contributed by atoms with Crippen molar-refractivity contribution in [1.29, 1.82) is 0 Å². The van der Waals surface area contributed by atoms with Crippen molar-refractivity contribution in [2.45, 2.75) is 19.8 Å². The lowest BCUT2D eigenvalue weighted by molar-refractivity contribution is -0.130. The summed E-state index contributed by atoms with van der Waals surface area (Å²) in [5.41, 5.74) is 1.67. The van der Waals surface area contributed by atoms with E-state index in [1.165, 1.54) is 0 Å². The first kappa shape index (κ1) is 20.5. The average molecular weight is 372 g/mol. The van der Waals surface area contributed by atoms with E-state index in [9.17, 15) is 4.79 Å². The molecule has 1 aliphatic rings. The molecule has 1 amide bonds. The Morgan fingerprint density at radius 3 is 2.71 bits per heavy atom. The van der Waals surface area contributed by atoms with Crippen LogP contribution in [0.3, 0.4) is 0 Å². The van der Waals surface area contributed by atoms with Crippen LogP contribution in [0.25, 0.3) is 11.5 Å². The fourth-order valence-electron chi connectivity index (χ4n) is 2.65. The lowest BCUT2D eigenvalue weighted by atomic mass is 10.2. The molecule has 0 saturated carbocycles. The third-order valence-corrected chi connectivity index (χ3v) is 3.92. The van der Waals surface area contributed by atoms with Gasteiger partial charge in [-0.2, -0.15) is 0 Å². The summed E-state index contributed by atoms with van der Waals surface area (Å²) >= 11 is 0. The van der Waals surface area contributed by atoms with E-state index in [0.29, 0.717) is 12.3 Å². The predicted octanol–water partition coefficient (Wildman–Crippen LogP) is 2.86. The van der Waals surface area contributed by atoms with Gasteiger partial charge in [-0.1, -0.05) is 18.2 Å². The van der Waals surface area contributed by atoms with Crippen molar-refractivity contribution in [2.75, 3.05) is 26.2 Å². The molecule has 1 N–H and O–H groups in total. The maximum absolute atomic E-state index is 12.4. The fourth-order valence-corrected chi connectivity index (χ4v) is 2.65. The van der Waals surface area contributed by atoms with E-state index in [1.807, 2.05) is 42.2 Å². The van der Waals surface area contributed by atoms with Gasteiger partial charge in [0.05, 0.1) is 12.1 Å². The molecule has 0 radical (unpaired) electrons. The van der Waals surface area contributed by atoms with Gasteiger partial charge in [-0.15, -0.1) is 24.8 Å². The number of halogens is 2. The second-order valence-electron chi connectivity index (χ2n) is 5.55. The van der Waals surface area contributed by atoms with Gasteiger partial charge in [0.1, 0.15) is 5.76 Å². The van der Waals surface area contributed by atoms with Crippen molar-refractivity contribution >= 4 is 30.7 Å². The Morgan fingerprint density at radius 2 is 1.96 bits per heavy atom. The third kappa shape index (κ3) is 4.97. The molecule has 1 aromatic heterocycles. The molecule has 7 heteroatoms. The van der Waals surface area contributed by atoms with Gasteiger partial charge in [0.2, 0.25) is 11.8 Å². The number of aromatic nitrogens is 1. The Balaban J connectivity index is 0.00000144. The van der Waals surface area contributed by atoms with E-state index in [4.69, 9.17) is 4.42 Å². The number of benzene rings is 1. The number of amides is 1. The summed E-state index contributed by atoms with van der Waals surface area (Å²) in [6.07, 6.45) is 1.31. The molecular weight excluding hydrogens is 349 g/mol. The van der Waals surface area contributed by atoms with Crippen molar-refractivity contribution in [3.8, 4) is 11.5 Å². The van der Waals surface area contributed by atoms with Crippen LogP contribution < -0.4 is 5.32 Å². The summed E-state index contributed by atoms with van der Waals surface area (Å²) in [6, 6.07) is 9.76. The largest absolute Gasteiger partial charge is 0.441 e. The van der Waals surface area contributed by atoms with Crippen molar-refractivity contribution in [1.82, 2.24) is 15.2 Å². The van der Waals surface area contributed by atoms with Crippen LogP contribution in [0.4, 0.5) is 0 Å². The molecule has 24 heavy (non-hydrogen) atoms. The molecule has 0 unspecified atom stereocenters. The average Bonchev–Trinajstić information content (AvgIpc) is 2.76. The topological polar surface area (TPSA) is 58.4 Å². The summed E-state index contributed by atoms with van der Waals surface area (Å²) in [6.45, 7) is 5.28. The van der Waals surface area contributed by atoms with Crippen molar-refractivity contribution in [3.05, 3.63) is 41.8 Å². The number of rotatable bonds is 3. The molecule has 132 valence electrons. The van der Waals surface area contributed by atoms with E-state index in [1.54, 1.807) is 0 Å². The molecule has 1 aliphatic heterocycles. The molecule has 2 heterocycles. The number of hydrogen-bond acceptors (Lipinski definition) is 4. The molecule has 1 aromatic carbocycles. The summed E-state index contributed by atoms with van der Waals surface area (Å²) in [7, 11) is 0. The molecular formula is C17H23Cl2N3O2. The molecule has 1 saturated heterocycles. The summed E-state index contributed by atoms with van der Waals surface area (Å²) < 4.78 is 5.72. The van der Waals surface area contributed by atoms with Crippen molar-refractivity contribution in [2.24, 2.45) is 0 Å². The van der Waals surface area contributed by atoms with Crippen LogP contribution in [-0.2, 0) is 11.2 Å². The highest BCUT2D eigenvalue weighted by Gasteiger charge is 2.19. The number of carbonyl (C=O) groups is 1. The van der Waals surface area contributed by atoms with Crippen LogP contribution in [0, 0.1) is 6.92 Å². The summed E-state index contributed by atoms with van der Waals surface area (Å²) in [4.78, 5) is 18.9. The Kier molecular flexibility index (Phi) is 8.25. The first-order valence-corrected chi connectivity index (χ1v) is 7.74. The van der Waals surface area contributed by atoms with Crippen molar-refractivity contribution in [3.63, 3.8) is 0 Å². The van der Waals surface area contributed by atoms with Gasteiger partial charge >= 0.3 is 0 Å². The van der Waals surface area contributed by atoms with E-state index < -0.39 is 0 Å². The number of oxazole rings is 1. The highest BCUT2D eigenvalue weighted by Crippen LogP contribution is 2.22. The maximum Gasteiger partial charge on any atom is 0.228 e. The zero-order valence-corrected chi connectivity index (χ0v) is 15.3. The van der Waals surface area contributed by atoms with Gasteiger partial charge in [-0.05, 0) is 32.0 Å². The first-order valence-electron chi connectivity index (χ1n) is 7.74. The Morgan fingerprint density at radius 1 is 1.21 bits per heavy atom. The highest BCUT2D eigenvalue weighted by atomic mass is 35.5. The minimum Gasteiger partial charge on any atom is -0.441 e. The molecule has 3 rings (SSSR count). The van der Waals surface area contributed by atoms with E-state index >= 15 is 0 Å². The van der Waals surface area contributed by atoms with Gasteiger partial charge in [0, 0.05) is 25.2 Å². The number of aryl methyl sites for hydroxylation is 1. The molecule has 0 bridgehead atoms. The van der Waals surface area contributed by atoms with Gasteiger partial charge in [0.25, 0.3) is 0 Å². The molecule has 0 spiro atoms. The predicted molar refractivity (Wildman–Crippen MR) is 98.9 cm³/mol. The quantitative estimate of drug-likeness (QED) is 0.900. The Bertz CT molecular complexity index is 639. The van der Waals surface area contributed by atoms with Crippen LogP contribution in [0.2, 0.25) is 0 Å². The highest BCUT2D eigenvalue weighted by molar-refractivity contribution is 5.85. The van der Waals surface area contributed by atoms with Gasteiger partial charge in [0.15, 0.2) is 0 Å². The maximum atomic E-state index is 12.4. The lowest BCUT2D eigenvalue weighted by Crippen LogP contribution is -2.35. The smallest absolute Gasteiger partial charge is 0.228 e. The van der Waals surface area contributed by atoms with Gasteiger partial charge in [-0.25, -0.2) is 4.98 Å². The van der Waals surface area contributed by atoms with Crippen LogP contribution in [0.15, 0.2) is 34.7 Å². The molecule has 1 fully saturated rings. The third-order valence-electron chi connectivity index (χ3n) is 3.92. The molecule has 0 aliphatic carbocycles. The lowest BCUT2D eigenvalue weighted by Gasteiger charge is -2.19. The number of nitrogens with one attached hydrogen (secondary N) is 1. The zero-order chi connectivity index (χ0) is 15.4. The van der Waals surface area contributed by atoms with E-state index in [-0.39, 0.29) is 30.7 Å². The summed E-state index contributed by atoms with van der Waals surface area (Å²) in [5.74, 6) is 1.43. The van der Waals surface area contributed by atoms with Crippen LogP contribution >= 0.6 is 24.8 Å². The Hall–Kier alpha value is -1.56. The van der Waals surface area contributed by atoms with Crippen LogP contribution in [0.5, 0.6) is 0 Å². The number of carbonyl (C=O) groups excluding carboxylic acids is 1. The monoisotopic (exact) mass is 371 g/mol. The zero-order valence-electron chi connectivity index (χ0n) is 13.7. The minimum atomic E-state index is 0. The van der Waals surface area contributed by atoms with E-state index in [0.717, 1.165) is 49.6 Å². The normalized spacial score (nSPS) is 14.3. The van der Waals surface area contributed by atoms with Gasteiger partial charge < -0.3 is 14.6 Å². The fraction of sp³-hybridized carbons (Fsp3) is 0.412. The minimum absolute atomic E-state index is 0. The van der Waals surface area contributed by atoms with E-state index in [2.05, 4.69) is 10.3 Å². The van der Waals surface area contributed by atoms with Crippen molar-refractivity contribution < 1.29 is 9.21 Å². The molecule has 5 nitrogen and oxygen atoms in total. The molecule has 0 atom stereocenters. The van der Waals surface area contributed by atoms with Crippen LogP contribution in [0.1, 0.15) is 17.9 Å². The summed E-state index contributed by atoms with van der Waals surface area (Å²) in [5, 5.41) is 3.30. The SMILES string of the molecule is Cc1oc(-c2ccccc2)nc1CC(=O)N1CCCNCC1.Cl.Cl.